The highest BCUT2D eigenvalue weighted by Gasteiger charge is 2.14. The summed E-state index contributed by atoms with van der Waals surface area (Å²) >= 11 is 0. The van der Waals surface area contributed by atoms with Gasteiger partial charge >= 0.3 is 11.9 Å². The van der Waals surface area contributed by atoms with E-state index in [1.54, 1.807) is 6.92 Å². The first-order valence-electron chi connectivity index (χ1n) is 5.84. The number of carbonyl (C=O) groups is 2. The van der Waals surface area contributed by atoms with E-state index >= 15 is 0 Å². The number of ether oxygens (including phenoxy) is 2. The van der Waals surface area contributed by atoms with E-state index in [0.717, 1.165) is 0 Å². The van der Waals surface area contributed by atoms with E-state index in [1.807, 2.05) is 20.8 Å². The summed E-state index contributed by atoms with van der Waals surface area (Å²) < 4.78 is 10.1. The van der Waals surface area contributed by atoms with Gasteiger partial charge in [-0.3, -0.25) is 9.59 Å². The fraction of sp³-hybridized carbons (Fsp3) is 0.833. The molecule has 0 saturated heterocycles. The topological polar surface area (TPSA) is 52.6 Å². The maximum Gasteiger partial charge on any atom is 0.306 e. The lowest BCUT2D eigenvalue weighted by atomic mass is 10.1. The zero-order valence-electron chi connectivity index (χ0n) is 10.6. The molecule has 0 saturated carbocycles. The van der Waals surface area contributed by atoms with Gasteiger partial charge in [-0.05, 0) is 12.3 Å². The van der Waals surface area contributed by atoms with Gasteiger partial charge in [0.1, 0.15) is 12.7 Å². The lowest BCUT2D eigenvalue weighted by Crippen LogP contribution is -2.24. The zero-order chi connectivity index (χ0) is 12.6. The van der Waals surface area contributed by atoms with Crippen LogP contribution in [0.3, 0.4) is 0 Å². The van der Waals surface area contributed by atoms with Gasteiger partial charge in [-0.1, -0.05) is 27.7 Å². The predicted molar refractivity (Wildman–Crippen MR) is 60.9 cm³/mol. The number of esters is 2. The van der Waals surface area contributed by atoms with Gasteiger partial charge in [-0.25, -0.2) is 0 Å². The maximum atomic E-state index is 11.3. The third kappa shape index (κ3) is 7.26. The monoisotopic (exact) mass is 230 g/mol. The van der Waals surface area contributed by atoms with Crippen LogP contribution in [0.2, 0.25) is 0 Å². The van der Waals surface area contributed by atoms with Crippen LogP contribution in [0.5, 0.6) is 0 Å². The third-order valence-corrected chi connectivity index (χ3v) is 2.05. The van der Waals surface area contributed by atoms with Crippen molar-refractivity contribution in [2.24, 2.45) is 5.92 Å². The predicted octanol–water partition coefficient (Wildman–Crippen LogP) is 2.31. The summed E-state index contributed by atoms with van der Waals surface area (Å²) in [6, 6.07) is 0. The first-order valence-corrected chi connectivity index (χ1v) is 5.84. The van der Waals surface area contributed by atoms with Crippen LogP contribution in [0, 0.1) is 5.92 Å². The third-order valence-electron chi connectivity index (χ3n) is 2.05. The minimum absolute atomic E-state index is 0.161. The Morgan fingerprint density at radius 1 is 1.12 bits per heavy atom. The van der Waals surface area contributed by atoms with E-state index in [2.05, 4.69) is 0 Å². The van der Waals surface area contributed by atoms with Crippen molar-refractivity contribution < 1.29 is 19.1 Å². The molecule has 0 aliphatic carbocycles. The van der Waals surface area contributed by atoms with Crippen molar-refractivity contribution in [1.29, 1.82) is 0 Å². The minimum atomic E-state index is -0.316. The second kappa shape index (κ2) is 8.13. The molecule has 1 unspecified atom stereocenters. The van der Waals surface area contributed by atoms with E-state index in [1.165, 1.54) is 0 Å². The highest BCUT2D eigenvalue weighted by atomic mass is 16.6. The molecule has 0 aliphatic heterocycles. The number of carbonyl (C=O) groups excluding carboxylic acids is 2. The van der Waals surface area contributed by atoms with E-state index in [9.17, 15) is 9.59 Å². The Kier molecular flexibility index (Phi) is 7.60. The molecule has 0 rings (SSSR count). The van der Waals surface area contributed by atoms with Crippen LogP contribution in [0.25, 0.3) is 0 Å². The van der Waals surface area contributed by atoms with Crippen molar-refractivity contribution in [3.8, 4) is 0 Å². The Labute approximate surface area is 97.3 Å². The number of hydrogen-bond acceptors (Lipinski definition) is 4. The molecule has 0 spiro atoms. The van der Waals surface area contributed by atoms with Crippen LogP contribution in [-0.4, -0.2) is 24.6 Å². The van der Waals surface area contributed by atoms with Gasteiger partial charge in [0.05, 0.1) is 0 Å². The van der Waals surface area contributed by atoms with Crippen molar-refractivity contribution in [2.45, 2.75) is 53.1 Å². The van der Waals surface area contributed by atoms with E-state index < -0.39 is 0 Å². The molecule has 4 nitrogen and oxygen atoms in total. The Bertz CT molecular complexity index is 223. The average molecular weight is 230 g/mol. The van der Waals surface area contributed by atoms with Gasteiger partial charge in [0.25, 0.3) is 0 Å². The molecule has 0 fully saturated rings. The fourth-order valence-corrected chi connectivity index (χ4v) is 1.08. The van der Waals surface area contributed by atoms with Crippen molar-refractivity contribution in [3.63, 3.8) is 0 Å². The molecule has 0 N–H and O–H groups in total. The van der Waals surface area contributed by atoms with Crippen LogP contribution >= 0.6 is 0 Å². The molecule has 0 aromatic rings. The second-order valence-electron chi connectivity index (χ2n) is 4.15. The number of rotatable bonds is 7. The summed E-state index contributed by atoms with van der Waals surface area (Å²) in [6.07, 6.45) is 1.08. The normalized spacial score (nSPS) is 12.3. The molecule has 0 radical (unpaired) electrons. The quantitative estimate of drug-likeness (QED) is 0.630. The summed E-state index contributed by atoms with van der Waals surface area (Å²) in [4.78, 5) is 22.3. The van der Waals surface area contributed by atoms with E-state index in [-0.39, 0.29) is 30.6 Å². The molecule has 0 aromatic carbocycles. The van der Waals surface area contributed by atoms with Gasteiger partial charge in [0, 0.05) is 12.8 Å². The van der Waals surface area contributed by atoms with Gasteiger partial charge in [-0.15, -0.1) is 0 Å². The van der Waals surface area contributed by atoms with Crippen molar-refractivity contribution >= 4 is 11.9 Å². The van der Waals surface area contributed by atoms with Crippen molar-refractivity contribution in [3.05, 3.63) is 0 Å². The summed E-state index contributed by atoms with van der Waals surface area (Å²) in [5, 5.41) is 0. The minimum Gasteiger partial charge on any atom is -0.462 e. The van der Waals surface area contributed by atoms with Crippen LogP contribution in [0.15, 0.2) is 0 Å². The second-order valence-corrected chi connectivity index (χ2v) is 4.15. The van der Waals surface area contributed by atoms with Crippen molar-refractivity contribution in [1.82, 2.24) is 0 Å². The van der Waals surface area contributed by atoms with E-state index in [0.29, 0.717) is 19.3 Å². The molecular formula is C12H22O4. The molecule has 16 heavy (non-hydrogen) atoms. The Morgan fingerprint density at radius 3 is 2.19 bits per heavy atom. The molecule has 0 amide bonds. The lowest BCUT2D eigenvalue weighted by Gasteiger charge is -2.16. The van der Waals surface area contributed by atoms with Crippen LogP contribution < -0.4 is 0 Å². The van der Waals surface area contributed by atoms with Gasteiger partial charge in [0.2, 0.25) is 0 Å². The molecule has 0 bridgehead atoms. The summed E-state index contributed by atoms with van der Waals surface area (Å²) in [6.45, 7) is 7.70. The number of hydrogen-bond donors (Lipinski definition) is 0. The van der Waals surface area contributed by atoms with Gasteiger partial charge < -0.3 is 9.47 Å². The van der Waals surface area contributed by atoms with Gasteiger partial charge in [0.15, 0.2) is 0 Å². The summed E-state index contributed by atoms with van der Waals surface area (Å²) in [5.74, 6) is -0.210. The zero-order valence-corrected chi connectivity index (χ0v) is 10.6. The SMILES string of the molecule is CCC(=O)OC(CC)COC(=O)CC(C)C. The van der Waals surface area contributed by atoms with Gasteiger partial charge in [-0.2, -0.15) is 0 Å². The maximum absolute atomic E-state index is 11.3. The first kappa shape index (κ1) is 14.9. The smallest absolute Gasteiger partial charge is 0.306 e. The van der Waals surface area contributed by atoms with E-state index in [4.69, 9.17) is 9.47 Å². The Hall–Kier alpha value is -1.06. The first-order chi connectivity index (χ1) is 7.49. The molecule has 0 aromatic heterocycles. The van der Waals surface area contributed by atoms with Crippen LogP contribution in [-0.2, 0) is 19.1 Å². The lowest BCUT2D eigenvalue weighted by molar-refractivity contribution is -0.159. The average Bonchev–Trinajstić information content (AvgIpc) is 2.22. The molecule has 4 heteroatoms. The standard InChI is InChI=1S/C12H22O4/c1-5-10(16-11(13)6-2)8-15-12(14)7-9(3)4/h9-10H,5-8H2,1-4H3. The molecule has 1 atom stereocenters. The Balaban J connectivity index is 3.86. The highest BCUT2D eigenvalue weighted by Crippen LogP contribution is 2.05. The molecule has 0 aliphatic rings. The van der Waals surface area contributed by atoms with Crippen LogP contribution in [0.1, 0.15) is 47.0 Å². The molecule has 0 heterocycles. The summed E-state index contributed by atoms with van der Waals surface area (Å²) in [5.41, 5.74) is 0. The molecular weight excluding hydrogens is 208 g/mol. The van der Waals surface area contributed by atoms with Crippen LogP contribution in [0.4, 0.5) is 0 Å². The Morgan fingerprint density at radius 2 is 1.75 bits per heavy atom. The molecule has 94 valence electrons. The largest absolute Gasteiger partial charge is 0.462 e. The van der Waals surface area contributed by atoms with Crippen molar-refractivity contribution in [2.75, 3.05) is 6.61 Å². The summed E-state index contributed by atoms with van der Waals surface area (Å²) in [7, 11) is 0. The fourth-order valence-electron chi connectivity index (χ4n) is 1.08. The highest BCUT2D eigenvalue weighted by molar-refractivity contribution is 5.70.